The molecule has 0 radical (unpaired) electrons. The summed E-state index contributed by atoms with van der Waals surface area (Å²) in [6.45, 7) is 0. The molecular weight excluding hydrogens is 556 g/mol. The highest BCUT2D eigenvalue weighted by Crippen LogP contribution is 2.58. The second-order valence-corrected chi connectivity index (χ2v) is 12.4. The summed E-state index contributed by atoms with van der Waals surface area (Å²) in [6.07, 6.45) is 0. The number of benzene rings is 8. The normalized spacial score (nSPS) is 15.7. The molecule has 1 aliphatic heterocycles. The van der Waals surface area contributed by atoms with Crippen LogP contribution in [0.5, 0.6) is 11.5 Å². The first-order valence-corrected chi connectivity index (χ1v) is 15.9. The number of fused-ring (bicyclic) bond motifs is 7. The molecule has 0 saturated carbocycles. The highest BCUT2D eigenvalue weighted by atomic mass is 16.5. The minimum atomic E-state index is -0.455. The summed E-state index contributed by atoms with van der Waals surface area (Å²) in [5.74, 6) is 1.82. The number of ether oxygens (including phenoxy) is 1. The average Bonchev–Trinajstić information content (AvgIpc) is 3.44. The Labute approximate surface area is 268 Å². The van der Waals surface area contributed by atoms with Crippen molar-refractivity contribution in [3.8, 4) is 44.9 Å². The van der Waals surface area contributed by atoms with Gasteiger partial charge < -0.3 is 4.74 Å². The lowest BCUT2D eigenvalue weighted by molar-refractivity contribution is 0.487. The van der Waals surface area contributed by atoms with Gasteiger partial charge in [0, 0.05) is 10.9 Å². The van der Waals surface area contributed by atoms with Gasteiger partial charge in [0.1, 0.15) is 11.5 Å². The van der Waals surface area contributed by atoms with Crippen LogP contribution in [0.1, 0.15) is 22.3 Å². The van der Waals surface area contributed by atoms with Crippen molar-refractivity contribution < 1.29 is 4.74 Å². The predicted molar refractivity (Wildman–Crippen MR) is 190 cm³/mol. The van der Waals surface area contributed by atoms with Crippen molar-refractivity contribution in [3.63, 3.8) is 0 Å². The van der Waals surface area contributed by atoms with E-state index in [1.54, 1.807) is 0 Å². The Hall–Kier alpha value is -5.92. The number of hydrogen-bond acceptors (Lipinski definition) is 1. The standard InChI is InChI=1S/C45H28O/c1-2-13-33(14-3-1)45(40-19-8-6-16-36(40)39-26-23-30-11-4-5-15-35(30)44(39)45)34-24-21-29(22-25-34)32-27-31-12-10-18-38-37-17-7-9-20-41(37)46-42(28-32)43(31)38/h1-28H. The maximum Gasteiger partial charge on any atom is 0.136 e. The van der Waals surface area contributed by atoms with Crippen LogP contribution in [-0.4, -0.2) is 0 Å². The van der Waals surface area contributed by atoms with Crippen molar-refractivity contribution in [2.24, 2.45) is 0 Å². The zero-order valence-corrected chi connectivity index (χ0v) is 25.1. The van der Waals surface area contributed by atoms with Crippen molar-refractivity contribution in [3.05, 3.63) is 192 Å². The van der Waals surface area contributed by atoms with E-state index in [1.807, 2.05) is 6.07 Å². The Morgan fingerprint density at radius 1 is 0.391 bits per heavy atom. The van der Waals surface area contributed by atoms with Crippen LogP contribution in [0, 0.1) is 0 Å². The molecule has 0 N–H and O–H groups in total. The van der Waals surface area contributed by atoms with Gasteiger partial charge in [-0.2, -0.15) is 0 Å². The molecule has 1 heteroatoms. The fourth-order valence-corrected chi connectivity index (χ4v) is 8.20. The van der Waals surface area contributed by atoms with Gasteiger partial charge >= 0.3 is 0 Å². The van der Waals surface area contributed by atoms with Gasteiger partial charge in [-0.25, -0.2) is 0 Å². The van der Waals surface area contributed by atoms with Gasteiger partial charge in [0.25, 0.3) is 0 Å². The van der Waals surface area contributed by atoms with Crippen LogP contribution >= 0.6 is 0 Å². The first-order valence-electron chi connectivity index (χ1n) is 15.9. The Bertz CT molecular complexity index is 2490. The Kier molecular flexibility index (Phi) is 5.27. The van der Waals surface area contributed by atoms with Gasteiger partial charge in [-0.05, 0) is 84.4 Å². The maximum atomic E-state index is 6.51. The second kappa shape index (κ2) is 9.54. The van der Waals surface area contributed by atoms with Crippen LogP contribution in [0.3, 0.4) is 0 Å². The van der Waals surface area contributed by atoms with E-state index >= 15 is 0 Å². The lowest BCUT2D eigenvalue weighted by Crippen LogP contribution is -2.28. The molecule has 46 heavy (non-hydrogen) atoms. The molecule has 0 saturated heterocycles. The molecular formula is C45H28O. The van der Waals surface area contributed by atoms with E-state index in [0.29, 0.717) is 0 Å². The molecule has 10 rings (SSSR count). The molecule has 214 valence electrons. The SMILES string of the molecule is c1ccc(C2(c3ccc(-c4cc5c6c(cccc6c4)-c4ccccc4O5)cc3)c3ccccc3-c3ccc4ccccc4c32)cc1. The fraction of sp³-hybridized carbons (Fsp3) is 0.0222. The predicted octanol–water partition coefficient (Wildman–Crippen LogP) is 11.8. The van der Waals surface area contributed by atoms with E-state index < -0.39 is 5.41 Å². The summed E-state index contributed by atoms with van der Waals surface area (Å²) in [5.41, 5.74) is 12.1. The largest absolute Gasteiger partial charge is 0.456 e. The minimum absolute atomic E-state index is 0.455. The monoisotopic (exact) mass is 584 g/mol. The van der Waals surface area contributed by atoms with Crippen molar-refractivity contribution >= 4 is 21.5 Å². The molecule has 0 spiro atoms. The van der Waals surface area contributed by atoms with Gasteiger partial charge in [-0.15, -0.1) is 0 Å². The Balaban J connectivity index is 1.20. The van der Waals surface area contributed by atoms with Crippen molar-refractivity contribution in [1.82, 2.24) is 0 Å². The third-order valence-corrected chi connectivity index (χ3v) is 10.1. The third kappa shape index (κ3) is 3.40. The molecule has 1 nitrogen and oxygen atoms in total. The van der Waals surface area contributed by atoms with Crippen LogP contribution in [0.25, 0.3) is 54.9 Å². The lowest BCUT2D eigenvalue weighted by Gasteiger charge is -2.34. The van der Waals surface area contributed by atoms with Gasteiger partial charge in [0.05, 0.1) is 5.41 Å². The maximum absolute atomic E-state index is 6.51. The van der Waals surface area contributed by atoms with Crippen LogP contribution in [0.4, 0.5) is 0 Å². The van der Waals surface area contributed by atoms with E-state index in [-0.39, 0.29) is 0 Å². The smallest absolute Gasteiger partial charge is 0.136 e. The van der Waals surface area contributed by atoms with E-state index in [1.165, 1.54) is 66.1 Å². The fourth-order valence-electron chi connectivity index (χ4n) is 8.20. The van der Waals surface area contributed by atoms with Crippen LogP contribution in [-0.2, 0) is 5.41 Å². The molecule has 0 amide bonds. The molecule has 0 aromatic heterocycles. The minimum Gasteiger partial charge on any atom is -0.456 e. The summed E-state index contributed by atoms with van der Waals surface area (Å²) < 4.78 is 6.51. The quantitative estimate of drug-likeness (QED) is 0.201. The molecule has 2 aliphatic rings. The summed E-state index contributed by atoms with van der Waals surface area (Å²) in [6, 6.07) is 62.1. The van der Waals surface area contributed by atoms with Crippen LogP contribution in [0.2, 0.25) is 0 Å². The molecule has 0 bridgehead atoms. The first kappa shape index (κ1) is 25.4. The Morgan fingerprint density at radius 2 is 1.09 bits per heavy atom. The molecule has 8 aromatic carbocycles. The van der Waals surface area contributed by atoms with Gasteiger partial charge in [-0.1, -0.05) is 152 Å². The summed E-state index contributed by atoms with van der Waals surface area (Å²) >= 11 is 0. The summed E-state index contributed by atoms with van der Waals surface area (Å²) in [5, 5.41) is 4.92. The summed E-state index contributed by atoms with van der Waals surface area (Å²) in [7, 11) is 0. The van der Waals surface area contributed by atoms with E-state index in [0.717, 1.165) is 22.6 Å². The van der Waals surface area contributed by atoms with Crippen molar-refractivity contribution in [2.45, 2.75) is 5.41 Å². The number of hydrogen-bond donors (Lipinski definition) is 0. The average molecular weight is 585 g/mol. The molecule has 0 fully saturated rings. The van der Waals surface area contributed by atoms with E-state index in [2.05, 4.69) is 164 Å². The zero-order valence-electron chi connectivity index (χ0n) is 25.1. The number of para-hydroxylation sites is 1. The highest BCUT2D eigenvalue weighted by Gasteiger charge is 2.47. The van der Waals surface area contributed by atoms with Gasteiger partial charge in [-0.3, -0.25) is 0 Å². The molecule has 1 heterocycles. The van der Waals surface area contributed by atoms with Crippen LogP contribution < -0.4 is 4.74 Å². The number of rotatable bonds is 3. The topological polar surface area (TPSA) is 9.23 Å². The molecule has 8 aromatic rings. The molecule has 1 aliphatic carbocycles. The van der Waals surface area contributed by atoms with Gasteiger partial charge in [0.15, 0.2) is 0 Å². The highest BCUT2D eigenvalue weighted by molar-refractivity contribution is 6.06. The van der Waals surface area contributed by atoms with Gasteiger partial charge in [0.2, 0.25) is 0 Å². The Morgan fingerprint density at radius 3 is 1.98 bits per heavy atom. The van der Waals surface area contributed by atoms with E-state index in [4.69, 9.17) is 4.74 Å². The lowest BCUT2D eigenvalue weighted by atomic mass is 9.66. The molecule has 1 unspecified atom stereocenters. The van der Waals surface area contributed by atoms with Crippen molar-refractivity contribution in [1.29, 1.82) is 0 Å². The van der Waals surface area contributed by atoms with E-state index in [9.17, 15) is 0 Å². The first-order chi connectivity index (χ1) is 22.8. The van der Waals surface area contributed by atoms with Crippen molar-refractivity contribution in [2.75, 3.05) is 0 Å². The second-order valence-electron chi connectivity index (χ2n) is 12.4. The summed E-state index contributed by atoms with van der Waals surface area (Å²) in [4.78, 5) is 0. The molecule has 1 atom stereocenters. The van der Waals surface area contributed by atoms with Crippen LogP contribution in [0.15, 0.2) is 170 Å². The zero-order chi connectivity index (χ0) is 30.2. The third-order valence-electron chi connectivity index (χ3n) is 10.1.